The van der Waals surface area contributed by atoms with Crippen molar-refractivity contribution in [2.45, 2.75) is 10.9 Å². The van der Waals surface area contributed by atoms with Gasteiger partial charge in [0.15, 0.2) is 14.9 Å². The van der Waals surface area contributed by atoms with Gasteiger partial charge in [0.1, 0.15) is 16.7 Å². The van der Waals surface area contributed by atoms with Gasteiger partial charge in [-0.2, -0.15) is 0 Å². The molecule has 20 heavy (non-hydrogen) atoms. The van der Waals surface area contributed by atoms with Crippen molar-refractivity contribution in [3.63, 3.8) is 0 Å². The highest BCUT2D eigenvalue weighted by Crippen LogP contribution is 2.26. The van der Waals surface area contributed by atoms with Gasteiger partial charge < -0.3 is 4.74 Å². The summed E-state index contributed by atoms with van der Waals surface area (Å²) in [5.74, 6) is 0.969. The average molecular weight is 333 g/mol. The Morgan fingerprint density at radius 3 is 2.55 bits per heavy atom. The van der Waals surface area contributed by atoms with Crippen LogP contribution in [0.4, 0.5) is 0 Å². The number of alkyl halides is 1. The Morgan fingerprint density at radius 2 is 2.00 bits per heavy atom. The molecule has 0 saturated heterocycles. The summed E-state index contributed by atoms with van der Waals surface area (Å²) in [6.07, 6.45) is 2.41. The second-order valence-corrected chi connectivity index (χ2v) is 6.54. The van der Waals surface area contributed by atoms with Crippen LogP contribution in [0.1, 0.15) is 5.69 Å². The number of aromatic nitrogens is 2. The van der Waals surface area contributed by atoms with E-state index in [1.165, 1.54) is 18.3 Å². The molecule has 106 valence electrons. The molecule has 0 aliphatic rings. The molecule has 2 aromatic rings. The molecule has 2 heterocycles. The molecule has 8 heteroatoms. The molecule has 0 amide bonds. The van der Waals surface area contributed by atoms with E-state index >= 15 is 0 Å². The fourth-order valence-corrected chi connectivity index (χ4v) is 2.34. The molecule has 0 unspecified atom stereocenters. The lowest BCUT2D eigenvalue weighted by molar-refractivity contribution is 0.471. The molecular formula is C12H10Cl2N2O3S. The summed E-state index contributed by atoms with van der Waals surface area (Å²) in [6, 6.07) is 6.09. The van der Waals surface area contributed by atoms with Crippen LogP contribution < -0.4 is 4.74 Å². The van der Waals surface area contributed by atoms with E-state index in [1.807, 2.05) is 0 Å². The second kappa shape index (κ2) is 5.95. The minimum absolute atomic E-state index is 0.0170. The van der Waals surface area contributed by atoms with Gasteiger partial charge in [-0.05, 0) is 24.3 Å². The minimum atomic E-state index is -3.33. The Kier molecular flexibility index (Phi) is 4.47. The minimum Gasteiger partial charge on any atom is -0.454 e. The molecule has 5 nitrogen and oxygen atoms in total. The van der Waals surface area contributed by atoms with Crippen molar-refractivity contribution in [2.75, 3.05) is 6.26 Å². The molecule has 0 spiro atoms. The van der Waals surface area contributed by atoms with Gasteiger partial charge in [-0.1, -0.05) is 11.6 Å². The van der Waals surface area contributed by atoms with Gasteiger partial charge in [-0.3, -0.25) is 0 Å². The standard InChI is InChI=1S/C12H10Cl2N2O3S/c1-20(17,18)12-5-2-8(7-15-12)19-10-3-4-11(14)16-9(10)6-13/h2-5,7H,6H2,1H3. The Bertz CT molecular complexity index is 718. The molecule has 0 aromatic carbocycles. The van der Waals surface area contributed by atoms with Crippen LogP contribution in [-0.4, -0.2) is 24.6 Å². The largest absolute Gasteiger partial charge is 0.454 e. The van der Waals surface area contributed by atoms with Crippen LogP contribution in [0.15, 0.2) is 35.5 Å². The highest BCUT2D eigenvalue weighted by Gasteiger charge is 2.10. The summed E-state index contributed by atoms with van der Waals surface area (Å²) < 4.78 is 28.2. The van der Waals surface area contributed by atoms with Crippen LogP contribution in [0.5, 0.6) is 11.5 Å². The topological polar surface area (TPSA) is 69.2 Å². The number of ether oxygens (including phenoxy) is 1. The average Bonchev–Trinajstić information content (AvgIpc) is 2.40. The maximum Gasteiger partial charge on any atom is 0.192 e. The zero-order valence-electron chi connectivity index (χ0n) is 10.4. The van der Waals surface area contributed by atoms with Crippen LogP contribution in [0.2, 0.25) is 5.15 Å². The van der Waals surface area contributed by atoms with Crippen molar-refractivity contribution >= 4 is 33.0 Å². The van der Waals surface area contributed by atoms with Crippen LogP contribution >= 0.6 is 23.2 Å². The lowest BCUT2D eigenvalue weighted by Crippen LogP contribution is -2.00. The molecule has 0 aliphatic carbocycles. The van der Waals surface area contributed by atoms with E-state index in [0.717, 1.165) is 6.26 Å². The lowest BCUT2D eigenvalue weighted by Gasteiger charge is -2.09. The van der Waals surface area contributed by atoms with Gasteiger partial charge >= 0.3 is 0 Å². The maximum absolute atomic E-state index is 11.3. The Morgan fingerprint density at radius 1 is 1.25 bits per heavy atom. The molecule has 0 N–H and O–H groups in total. The van der Waals surface area contributed by atoms with Crippen LogP contribution in [0.25, 0.3) is 0 Å². The third kappa shape index (κ3) is 3.59. The Hall–Kier alpha value is -1.37. The van der Waals surface area contributed by atoms with E-state index in [2.05, 4.69) is 9.97 Å². The van der Waals surface area contributed by atoms with Gasteiger partial charge in [0.05, 0.1) is 17.8 Å². The van der Waals surface area contributed by atoms with E-state index in [9.17, 15) is 8.42 Å². The van der Waals surface area contributed by atoms with Crippen molar-refractivity contribution in [1.29, 1.82) is 0 Å². The summed E-state index contributed by atoms with van der Waals surface area (Å²) in [5.41, 5.74) is 0.492. The van der Waals surface area contributed by atoms with Crippen molar-refractivity contribution in [3.8, 4) is 11.5 Å². The molecule has 0 saturated carbocycles. The zero-order valence-corrected chi connectivity index (χ0v) is 12.7. The number of rotatable bonds is 4. The monoisotopic (exact) mass is 332 g/mol. The highest BCUT2D eigenvalue weighted by molar-refractivity contribution is 7.90. The van der Waals surface area contributed by atoms with Gasteiger partial charge in [-0.15, -0.1) is 11.6 Å². The number of halogens is 2. The normalized spacial score (nSPS) is 11.3. The van der Waals surface area contributed by atoms with E-state index in [4.69, 9.17) is 27.9 Å². The fourth-order valence-electron chi connectivity index (χ4n) is 1.42. The van der Waals surface area contributed by atoms with Gasteiger partial charge in [-0.25, -0.2) is 18.4 Å². The molecule has 0 atom stereocenters. The molecular weight excluding hydrogens is 323 g/mol. The van der Waals surface area contributed by atoms with Crippen molar-refractivity contribution in [2.24, 2.45) is 0 Å². The third-order valence-corrected chi connectivity index (χ3v) is 3.81. The summed E-state index contributed by atoms with van der Waals surface area (Å²) in [7, 11) is -3.33. The zero-order chi connectivity index (χ0) is 14.8. The molecule has 2 aromatic heterocycles. The Labute approximate surface area is 126 Å². The first-order valence-corrected chi connectivity index (χ1v) is 8.26. The van der Waals surface area contributed by atoms with E-state index in [1.54, 1.807) is 12.1 Å². The maximum atomic E-state index is 11.3. The SMILES string of the molecule is CS(=O)(=O)c1ccc(Oc2ccc(Cl)nc2CCl)cn1. The van der Waals surface area contributed by atoms with Crippen molar-refractivity contribution in [3.05, 3.63) is 41.3 Å². The fraction of sp³-hybridized carbons (Fsp3) is 0.167. The predicted molar refractivity (Wildman–Crippen MR) is 76.2 cm³/mol. The first kappa shape index (κ1) is 15.0. The third-order valence-electron chi connectivity index (χ3n) is 2.34. The van der Waals surface area contributed by atoms with Gasteiger partial charge in [0.2, 0.25) is 0 Å². The Balaban J connectivity index is 2.27. The van der Waals surface area contributed by atoms with Crippen molar-refractivity contribution < 1.29 is 13.2 Å². The van der Waals surface area contributed by atoms with E-state index < -0.39 is 9.84 Å². The first-order valence-electron chi connectivity index (χ1n) is 5.45. The van der Waals surface area contributed by atoms with E-state index in [-0.39, 0.29) is 10.9 Å². The first-order chi connectivity index (χ1) is 9.40. The smallest absolute Gasteiger partial charge is 0.192 e. The molecule has 0 bridgehead atoms. The quantitative estimate of drug-likeness (QED) is 0.635. The molecule has 0 fully saturated rings. The summed E-state index contributed by atoms with van der Waals surface area (Å²) in [5, 5.41) is 0.301. The summed E-state index contributed by atoms with van der Waals surface area (Å²) in [4.78, 5) is 7.86. The molecule has 2 rings (SSSR count). The van der Waals surface area contributed by atoms with Gasteiger partial charge in [0, 0.05) is 6.26 Å². The van der Waals surface area contributed by atoms with Crippen LogP contribution in [-0.2, 0) is 15.7 Å². The number of hydrogen-bond donors (Lipinski definition) is 0. The number of hydrogen-bond acceptors (Lipinski definition) is 5. The number of pyridine rings is 2. The molecule has 0 radical (unpaired) electrons. The van der Waals surface area contributed by atoms with Crippen LogP contribution in [0.3, 0.4) is 0 Å². The lowest BCUT2D eigenvalue weighted by atomic mass is 10.3. The van der Waals surface area contributed by atoms with Crippen LogP contribution in [0, 0.1) is 0 Å². The predicted octanol–water partition coefficient (Wildman–Crippen LogP) is 3.06. The summed E-state index contributed by atoms with van der Waals surface area (Å²) in [6.45, 7) is 0. The number of sulfone groups is 1. The van der Waals surface area contributed by atoms with Gasteiger partial charge in [0.25, 0.3) is 0 Å². The number of nitrogens with zero attached hydrogens (tertiary/aromatic N) is 2. The van der Waals surface area contributed by atoms with E-state index in [0.29, 0.717) is 22.3 Å². The highest BCUT2D eigenvalue weighted by atomic mass is 35.5. The molecule has 0 aliphatic heterocycles. The summed E-state index contributed by atoms with van der Waals surface area (Å²) >= 11 is 11.5. The van der Waals surface area contributed by atoms with Crippen molar-refractivity contribution in [1.82, 2.24) is 9.97 Å². The second-order valence-electron chi connectivity index (χ2n) is 3.92.